The summed E-state index contributed by atoms with van der Waals surface area (Å²) in [6.07, 6.45) is 2.59. The van der Waals surface area contributed by atoms with E-state index in [1.54, 1.807) is 49.3 Å². The number of pyridine rings is 1. The van der Waals surface area contributed by atoms with Crippen LogP contribution in [-0.4, -0.2) is 43.5 Å². The SMILES string of the molecule is CC(C)c1cc(C(F)(F)F)n2nc([C@@H]3CCN(C(=O)/C=C/c4cccnc4)C3)cc2n1. The van der Waals surface area contributed by atoms with Gasteiger partial charge >= 0.3 is 6.18 Å². The quantitative estimate of drug-likeness (QED) is 0.581. The maximum absolute atomic E-state index is 13.6. The summed E-state index contributed by atoms with van der Waals surface area (Å²) in [5.74, 6) is -0.428. The van der Waals surface area contributed by atoms with Crippen molar-refractivity contribution in [2.24, 2.45) is 0 Å². The van der Waals surface area contributed by atoms with Crippen LogP contribution in [0.1, 0.15) is 54.7 Å². The molecule has 0 radical (unpaired) electrons. The van der Waals surface area contributed by atoms with E-state index in [4.69, 9.17) is 0 Å². The highest BCUT2D eigenvalue weighted by Crippen LogP contribution is 2.33. The summed E-state index contributed by atoms with van der Waals surface area (Å²) in [6, 6.07) is 6.29. The number of likely N-dealkylation sites (tertiary alicyclic amines) is 1. The van der Waals surface area contributed by atoms with E-state index in [1.807, 2.05) is 6.07 Å². The number of fused-ring (bicyclic) bond motifs is 1. The van der Waals surface area contributed by atoms with Crippen molar-refractivity contribution >= 4 is 17.6 Å². The van der Waals surface area contributed by atoms with Crippen LogP contribution in [0.3, 0.4) is 0 Å². The van der Waals surface area contributed by atoms with Crippen molar-refractivity contribution in [3.05, 3.63) is 65.4 Å². The number of hydrogen-bond donors (Lipinski definition) is 0. The molecule has 1 atom stereocenters. The van der Waals surface area contributed by atoms with E-state index in [0.29, 0.717) is 30.9 Å². The lowest BCUT2D eigenvalue weighted by Gasteiger charge is -2.13. The summed E-state index contributed by atoms with van der Waals surface area (Å²) in [7, 11) is 0. The van der Waals surface area contributed by atoms with Crippen LogP contribution >= 0.6 is 0 Å². The molecule has 0 saturated carbocycles. The molecule has 1 saturated heterocycles. The number of amides is 1. The smallest absolute Gasteiger partial charge is 0.338 e. The first-order chi connectivity index (χ1) is 14.7. The van der Waals surface area contributed by atoms with Crippen molar-refractivity contribution in [1.29, 1.82) is 0 Å². The molecule has 31 heavy (non-hydrogen) atoms. The van der Waals surface area contributed by atoms with Gasteiger partial charge in [0.1, 0.15) is 5.69 Å². The Kier molecular flexibility index (Phi) is 5.51. The van der Waals surface area contributed by atoms with Crippen molar-refractivity contribution in [2.45, 2.75) is 38.3 Å². The third-order valence-electron chi connectivity index (χ3n) is 5.37. The molecule has 3 aromatic rings. The van der Waals surface area contributed by atoms with Gasteiger partial charge in [0.2, 0.25) is 5.91 Å². The summed E-state index contributed by atoms with van der Waals surface area (Å²) < 4.78 is 41.6. The fraction of sp³-hybridized carbons (Fsp3) is 0.364. The van der Waals surface area contributed by atoms with Crippen LogP contribution in [0.2, 0.25) is 0 Å². The molecule has 3 aromatic heterocycles. The second-order valence-electron chi connectivity index (χ2n) is 7.95. The summed E-state index contributed by atoms with van der Waals surface area (Å²) in [5, 5.41) is 4.22. The molecule has 6 nitrogen and oxygen atoms in total. The first-order valence-electron chi connectivity index (χ1n) is 10.1. The molecule has 4 rings (SSSR count). The summed E-state index contributed by atoms with van der Waals surface area (Å²) >= 11 is 0. The van der Waals surface area contributed by atoms with Crippen molar-refractivity contribution in [2.75, 3.05) is 13.1 Å². The minimum absolute atomic E-state index is 0.138. The highest BCUT2D eigenvalue weighted by molar-refractivity contribution is 5.92. The third-order valence-corrected chi connectivity index (χ3v) is 5.37. The molecule has 0 unspecified atom stereocenters. The number of carbonyl (C=O) groups excluding carboxylic acids is 1. The van der Waals surface area contributed by atoms with E-state index < -0.39 is 11.9 Å². The van der Waals surface area contributed by atoms with E-state index in [9.17, 15) is 18.0 Å². The van der Waals surface area contributed by atoms with Crippen LogP contribution in [0.5, 0.6) is 0 Å². The Morgan fingerprint density at radius 2 is 2.10 bits per heavy atom. The van der Waals surface area contributed by atoms with E-state index in [2.05, 4.69) is 15.1 Å². The zero-order chi connectivity index (χ0) is 22.2. The number of alkyl halides is 3. The fourth-order valence-electron chi connectivity index (χ4n) is 3.66. The minimum atomic E-state index is -4.54. The van der Waals surface area contributed by atoms with Gasteiger partial charge in [-0.25, -0.2) is 9.50 Å². The molecule has 0 aromatic carbocycles. The number of rotatable bonds is 4. The van der Waals surface area contributed by atoms with Gasteiger partial charge in [0.25, 0.3) is 0 Å². The predicted octanol–water partition coefficient (Wildman–Crippen LogP) is 4.30. The molecule has 0 bridgehead atoms. The van der Waals surface area contributed by atoms with E-state index in [0.717, 1.165) is 16.1 Å². The average Bonchev–Trinajstić information content (AvgIpc) is 3.38. The lowest BCUT2D eigenvalue weighted by Crippen LogP contribution is -2.26. The average molecular weight is 429 g/mol. The normalized spacial score (nSPS) is 17.4. The van der Waals surface area contributed by atoms with E-state index in [-0.39, 0.29) is 23.4 Å². The Hall–Kier alpha value is -3.23. The Bertz CT molecular complexity index is 1120. The van der Waals surface area contributed by atoms with Gasteiger partial charge in [0, 0.05) is 49.2 Å². The number of carbonyl (C=O) groups is 1. The van der Waals surface area contributed by atoms with Gasteiger partial charge in [-0.05, 0) is 36.1 Å². The molecule has 1 aliphatic heterocycles. The van der Waals surface area contributed by atoms with Gasteiger partial charge in [-0.15, -0.1) is 0 Å². The Labute approximate surface area is 177 Å². The molecule has 1 fully saturated rings. The van der Waals surface area contributed by atoms with Gasteiger partial charge in [0.15, 0.2) is 5.65 Å². The lowest BCUT2D eigenvalue weighted by atomic mass is 10.1. The van der Waals surface area contributed by atoms with Gasteiger partial charge in [-0.3, -0.25) is 9.78 Å². The Morgan fingerprint density at radius 1 is 1.29 bits per heavy atom. The summed E-state index contributed by atoms with van der Waals surface area (Å²) in [6.45, 7) is 4.52. The monoisotopic (exact) mass is 429 g/mol. The minimum Gasteiger partial charge on any atom is -0.338 e. The van der Waals surface area contributed by atoms with Crippen molar-refractivity contribution < 1.29 is 18.0 Å². The van der Waals surface area contributed by atoms with Gasteiger partial charge in [0.05, 0.1) is 5.69 Å². The number of halogens is 3. The Morgan fingerprint density at radius 3 is 2.77 bits per heavy atom. The number of nitrogens with zero attached hydrogens (tertiary/aromatic N) is 5. The molecular weight excluding hydrogens is 407 g/mol. The van der Waals surface area contributed by atoms with Crippen molar-refractivity contribution in [1.82, 2.24) is 24.5 Å². The zero-order valence-corrected chi connectivity index (χ0v) is 17.2. The van der Waals surface area contributed by atoms with Crippen LogP contribution in [-0.2, 0) is 11.0 Å². The highest BCUT2D eigenvalue weighted by atomic mass is 19.4. The molecule has 1 amide bonds. The summed E-state index contributed by atoms with van der Waals surface area (Å²) in [5.41, 5.74) is 1.05. The van der Waals surface area contributed by atoms with Crippen molar-refractivity contribution in [3.63, 3.8) is 0 Å². The summed E-state index contributed by atoms with van der Waals surface area (Å²) in [4.78, 5) is 22.5. The molecular formula is C22H22F3N5O. The Balaban J connectivity index is 1.56. The van der Waals surface area contributed by atoms with E-state index >= 15 is 0 Å². The molecule has 162 valence electrons. The molecule has 0 N–H and O–H groups in total. The van der Waals surface area contributed by atoms with Gasteiger partial charge in [-0.1, -0.05) is 19.9 Å². The standard InChI is InChI=1S/C22H22F3N5O/c1-14(2)17-10-19(22(23,24)25)30-20(27-17)11-18(28-30)16-7-9-29(13-16)21(31)6-5-15-4-3-8-26-12-15/h3-6,8,10-12,14,16H,7,9,13H2,1-2H3/b6-5+/t16-/m1/s1. The van der Waals surface area contributed by atoms with Crippen molar-refractivity contribution in [3.8, 4) is 0 Å². The first kappa shape index (κ1) is 21.0. The number of aromatic nitrogens is 4. The first-order valence-corrected chi connectivity index (χ1v) is 10.1. The zero-order valence-electron chi connectivity index (χ0n) is 17.2. The van der Waals surface area contributed by atoms with Crippen LogP contribution in [0.25, 0.3) is 11.7 Å². The van der Waals surface area contributed by atoms with Crippen LogP contribution in [0.4, 0.5) is 13.2 Å². The molecule has 9 heteroatoms. The van der Waals surface area contributed by atoms with Crippen LogP contribution in [0, 0.1) is 0 Å². The molecule has 0 aliphatic carbocycles. The largest absolute Gasteiger partial charge is 0.433 e. The van der Waals surface area contributed by atoms with Crippen LogP contribution < -0.4 is 0 Å². The molecule has 0 spiro atoms. The van der Waals surface area contributed by atoms with Gasteiger partial charge in [-0.2, -0.15) is 18.3 Å². The number of hydrogen-bond acceptors (Lipinski definition) is 4. The third kappa shape index (κ3) is 4.45. The fourth-order valence-corrected chi connectivity index (χ4v) is 3.66. The predicted molar refractivity (Wildman–Crippen MR) is 109 cm³/mol. The second-order valence-corrected chi connectivity index (χ2v) is 7.95. The van der Waals surface area contributed by atoms with E-state index in [1.165, 1.54) is 6.08 Å². The molecule has 4 heterocycles. The highest BCUT2D eigenvalue weighted by Gasteiger charge is 2.36. The maximum atomic E-state index is 13.6. The van der Waals surface area contributed by atoms with Gasteiger partial charge < -0.3 is 4.90 Å². The second kappa shape index (κ2) is 8.13. The molecule has 1 aliphatic rings. The maximum Gasteiger partial charge on any atom is 0.433 e. The lowest BCUT2D eigenvalue weighted by molar-refractivity contribution is -0.142. The van der Waals surface area contributed by atoms with Crippen LogP contribution in [0.15, 0.2) is 42.7 Å². The topological polar surface area (TPSA) is 63.4 Å².